The van der Waals surface area contributed by atoms with Gasteiger partial charge in [-0.3, -0.25) is 4.79 Å². The van der Waals surface area contributed by atoms with Crippen molar-refractivity contribution < 1.29 is 14.3 Å². The molecule has 1 aliphatic rings. The predicted octanol–water partition coefficient (Wildman–Crippen LogP) is 2.76. The Hall–Kier alpha value is -1.13. The van der Waals surface area contributed by atoms with Gasteiger partial charge in [0.1, 0.15) is 5.82 Å². The lowest BCUT2D eigenvalue weighted by Gasteiger charge is -2.25. The van der Waals surface area contributed by atoms with Crippen LogP contribution in [0, 0.1) is 11.7 Å². The van der Waals surface area contributed by atoms with E-state index >= 15 is 0 Å². The van der Waals surface area contributed by atoms with Crippen molar-refractivity contribution in [1.29, 1.82) is 0 Å². The van der Waals surface area contributed by atoms with Gasteiger partial charge in [-0.15, -0.1) is 0 Å². The van der Waals surface area contributed by atoms with Gasteiger partial charge in [0.15, 0.2) is 0 Å². The van der Waals surface area contributed by atoms with E-state index in [4.69, 9.17) is 11.6 Å². The minimum absolute atomic E-state index is 0.122. The number of nitrogens with one attached hydrogen (secondary N) is 1. The van der Waals surface area contributed by atoms with Crippen LogP contribution in [0.4, 0.5) is 4.39 Å². The molecule has 1 fully saturated rings. The number of rotatable bonds is 3. The number of aliphatic hydroxyl groups excluding tert-OH is 1. The molecule has 1 aromatic carbocycles. The number of carbonyl (C=O) groups excluding carboxylic acids is 1. The van der Waals surface area contributed by atoms with Gasteiger partial charge in [-0.05, 0) is 49.8 Å². The molecule has 2 N–H and O–H groups in total. The SMILES string of the molecule is O=C(NCC1CCC(O)CC1)c1ccc(F)cc1Cl. The van der Waals surface area contributed by atoms with E-state index in [0.29, 0.717) is 18.0 Å². The molecule has 5 heteroatoms. The van der Waals surface area contributed by atoms with Crippen molar-refractivity contribution in [3.05, 3.63) is 34.6 Å². The molecule has 0 heterocycles. The smallest absolute Gasteiger partial charge is 0.252 e. The van der Waals surface area contributed by atoms with Crippen LogP contribution >= 0.6 is 11.6 Å². The quantitative estimate of drug-likeness (QED) is 0.897. The monoisotopic (exact) mass is 285 g/mol. The van der Waals surface area contributed by atoms with Gasteiger partial charge >= 0.3 is 0 Å². The maximum Gasteiger partial charge on any atom is 0.252 e. The van der Waals surface area contributed by atoms with Crippen molar-refractivity contribution in [1.82, 2.24) is 5.32 Å². The minimum Gasteiger partial charge on any atom is -0.393 e. The molecule has 0 saturated heterocycles. The average Bonchev–Trinajstić information content (AvgIpc) is 2.37. The van der Waals surface area contributed by atoms with Gasteiger partial charge in [0.2, 0.25) is 0 Å². The zero-order valence-electron chi connectivity index (χ0n) is 10.5. The first-order chi connectivity index (χ1) is 9.06. The van der Waals surface area contributed by atoms with Gasteiger partial charge in [-0.25, -0.2) is 4.39 Å². The van der Waals surface area contributed by atoms with Crippen molar-refractivity contribution in [2.24, 2.45) is 5.92 Å². The first-order valence-electron chi connectivity index (χ1n) is 6.47. The Labute approximate surface area is 116 Å². The molecule has 19 heavy (non-hydrogen) atoms. The Morgan fingerprint density at radius 2 is 2.05 bits per heavy atom. The van der Waals surface area contributed by atoms with E-state index in [1.807, 2.05) is 0 Å². The Bertz CT molecular complexity index is 459. The third kappa shape index (κ3) is 3.91. The lowest BCUT2D eigenvalue weighted by atomic mass is 9.87. The van der Waals surface area contributed by atoms with Crippen molar-refractivity contribution in [2.75, 3.05) is 6.54 Å². The highest BCUT2D eigenvalue weighted by Crippen LogP contribution is 2.24. The second kappa shape index (κ2) is 6.35. The highest BCUT2D eigenvalue weighted by Gasteiger charge is 2.20. The third-order valence-electron chi connectivity index (χ3n) is 3.54. The normalized spacial score (nSPS) is 23.1. The zero-order valence-corrected chi connectivity index (χ0v) is 11.3. The van der Waals surface area contributed by atoms with E-state index in [9.17, 15) is 14.3 Å². The van der Waals surface area contributed by atoms with Crippen LogP contribution in [0.15, 0.2) is 18.2 Å². The highest BCUT2D eigenvalue weighted by molar-refractivity contribution is 6.33. The summed E-state index contributed by atoms with van der Waals surface area (Å²) in [5.41, 5.74) is 0.291. The number of carbonyl (C=O) groups is 1. The first kappa shape index (κ1) is 14.3. The lowest BCUT2D eigenvalue weighted by molar-refractivity contribution is 0.0910. The average molecular weight is 286 g/mol. The van der Waals surface area contributed by atoms with Crippen LogP contribution in [0.1, 0.15) is 36.0 Å². The zero-order chi connectivity index (χ0) is 13.8. The van der Waals surface area contributed by atoms with Gasteiger partial charge < -0.3 is 10.4 Å². The standard InChI is InChI=1S/C14H17ClFNO2/c15-13-7-10(16)3-6-12(13)14(19)17-8-9-1-4-11(18)5-2-9/h3,6-7,9,11,18H,1-2,4-5,8H2,(H,17,19). The maximum atomic E-state index is 12.9. The van der Waals surface area contributed by atoms with Crippen LogP contribution in [-0.4, -0.2) is 23.7 Å². The predicted molar refractivity (Wildman–Crippen MR) is 71.7 cm³/mol. The number of hydrogen-bond donors (Lipinski definition) is 2. The summed E-state index contributed by atoms with van der Waals surface area (Å²) in [5, 5.41) is 12.3. The van der Waals surface area contributed by atoms with Gasteiger partial charge in [-0.2, -0.15) is 0 Å². The van der Waals surface area contributed by atoms with E-state index in [-0.39, 0.29) is 17.0 Å². The summed E-state index contributed by atoms with van der Waals surface area (Å²) in [5.74, 6) is -0.342. The van der Waals surface area contributed by atoms with Gasteiger partial charge in [0.25, 0.3) is 5.91 Å². The number of benzene rings is 1. The van der Waals surface area contributed by atoms with Crippen LogP contribution in [0.2, 0.25) is 5.02 Å². The highest BCUT2D eigenvalue weighted by atomic mass is 35.5. The van der Waals surface area contributed by atoms with Crippen molar-refractivity contribution >= 4 is 17.5 Å². The molecule has 0 bridgehead atoms. The summed E-state index contributed by atoms with van der Waals surface area (Å²) in [6.45, 7) is 0.569. The lowest BCUT2D eigenvalue weighted by Crippen LogP contribution is -2.32. The second-order valence-electron chi connectivity index (χ2n) is 5.01. The fourth-order valence-electron chi connectivity index (χ4n) is 2.35. The summed E-state index contributed by atoms with van der Waals surface area (Å²) < 4.78 is 12.9. The molecule has 3 nitrogen and oxygen atoms in total. The Kier molecular flexibility index (Phi) is 4.77. The van der Waals surface area contributed by atoms with Gasteiger partial charge in [-0.1, -0.05) is 11.6 Å². The maximum absolute atomic E-state index is 12.9. The fourth-order valence-corrected chi connectivity index (χ4v) is 2.61. The molecule has 0 radical (unpaired) electrons. The van der Waals surface area contributed by atoms with Crippen LogP contribution in [0.5, 0.6) is 0 Å². The van der Waals surface area contributed by atoms with Crippen LogP contribution in [0.3, 0.4) is 0 Å². The van der Waals surface area contributed by atoms with Crippen molar-refractivity contribution in [3.8, 4) is 0 Å². The summed E-state index contributed by atoms with van der Waals surface area (Å²) in [7, 11) is 0. The van der Waals surface area contributed by atoms with Crippen molar-refractivity contribution in [2.45, 2.75) is 31.8 Å². The van der Waals surface area contributed by atoms with E-state index in [0.717, 1.165) is 31.7 Å². The van der Waals surface area contributed by atoms with Gasteiger partial charge in [0, 0.05) is 6.54 Å². The Morgan fingerprint density at radius 1 is 1.37 bits per heavy atom. The number of amides is 1. The topological polar surface area (TPSA) is 49.3 Å². The van der Waals surface area contributed by atoms with Crippen LogP contribution in [-0.2, 0) is 0 Å². The van der Waals surface area contributed by atoms with Crippen LogP contribution in [0.25, 0.3) is 0 Å². The Morgan fingerprint density at radius 3 is 2.68 bits per heavy atom. The molecule has 0 atom stereocenters. The fraction of sp³-hybridized carbons (Fsp3) is 0.500. The molecule has 2 rings (SSSR count). The molecular weight excluding hydrogens is 269 g/mol. The molecule has 1 amide bonds. The molecule has 0 aliphatic heterocycles. The number of hydrogen-bond acceptors (Lipinski definition) is 2. The molecule has 0 unspecified atom stereocenters. The first-order valence-corrected chi connectivity index (χ1v) is 6.85. The second-order valence-corrected chi connectivity index (χ2v) is 5.42. The molecule has 0 spiro atoms. The molecule has 1 saturated carbocycles. The van der Waals surface area contributed by atoms with Gasteiger partial charge in [0.05, 0.1) is 16.7 Å². The summed E-state index contributed by atoms with van der Waals surface area (Å²) in [6.07, 6.45) is 3.21. The molecular formula is C14H17ClFNO2. The largest absolute Gasteiger partial charge is 0.393 e. The molecule has 1 aliphatic carbocycles. The van der Waals surface area contributed by atoms with Crippen molar-refractivity contribution in [3.63, 3.8) is 0 Å². The van der Waals surface area contributed by atoms with E-state index in [1.165, 1.54) is 12.1 Å². The van der Waals surface area contributed by atoms with E-state index in [1.54, 1.807) is 0 Å². The Balaban J connectivity index is 1.87. The van der Waals surface area contributed by atoms with E-state index in [2.05, 4.69) is 5.32 Å². The molecule has 104 valence electrons. The summed E-state index contributed by atoms with van der Waals surface area (Å²) in [6, 6.07) is 3.74. The van der Waals surface area contributed by atoms with E-state index < -0.39 is 5.82 Å². The molecule has 0 aromatic heterocycles. The third-order valence-corrected chi connectivity index (χ3v) is 3.86. The summed E-state index contributed by atoms with van der Waals surface area (Å²) >= 11 is 5.83. The number of aliphatic hydroxyl groups is 1. The molecule has 1 aromatic rings. The summed E-state index contributed by atoms with van der Waals surface area (Å²) in [4.78, 5) is 11.9. The van der Waals surface area contributed by atoms with Crippen LogP contribution < -0.4 is 5.32 Å². The number of halogens is 2. The minimum atomic E-state index is -0.456.